The van der Waals surface area contributed by atoms with Crippen LogP contribution in [0, 0.1) is 17.1 Å². The lowest BCUT2D eigenvalue weighted by Gasteiger charge is -2.07. The molecule has 28 heavy (non-hydrogen) atoms. The van der Waals surface area contributed by atoms with E-state index < -0.39 is 17.7 Å². The van der Waals surface area contributed by atoms with Gasteiger partial charge in [0.15, 0.2) is 0 Å². The van der Waals surface area contributed by atoms with Gasteiger partial charge in [-0.15, -0.1) is 0 Å². The molecule has 1 amide bonds. The number of carboxylic acid groups (broad SMARTS) is 1. The third-order valence-electron chi connectivity index (χ3n) is 3.88. The Morgan fingerprint density at radius 1 is 1.18 bits per heavy atom. The number of aromatic carboxylic acids is 1. The van der Waals surface area contributed by atoms with Gasteiger partial charge < -0.3 is 9.67 Å². The van der Waals surface area contributed by atoms with E-state index in [1.165, 1.54) is 30.5 Å². The lowest BCUT2D eigenvalue weighted by molar-refractivity contribution is 0.0696. The summed E-state index contributed by atoms with van der Waals surface area (Å²) in [5.74, 6) is -2.57. The zero-order chi connectivity index (χ0) is 20.1. The monoisotopic (exact) mass is 376 g/mol. The Labute approximate surface area is 159 Å². The highest BCUT2D eigenvalue weighted by Gasteiger charge is 2.11. The Balaban J connectivity index is 1.74. The molecule has 0 unspecified atom stereocenters. The highest BCUT2D eigenvalue weighted by atomic mass is 19.1. The van der Waals surface area contributed by atoms with Crippen molar-refractivity contribution in [2.24, 2.45) is 5.10 Å². The molecule has 1 aromatic heterocycles. The number of aromatic nitrogens is 1. The molecule has 0 saturated carbocycles. The number of hydrogen-bond acceptors (Lipinski definition) is 4. The molecule has 7 nitrogen and oxygen atoms in total. The molecule has 2 N–H and O–H groups in total. The van der Waals surface area contributed by atoms with Gasteiger partial charge in [0.1, 0.15) is 5.82 Å². The highest BCUT2D eigenvalue weighted by Crippen LogP contribution is 2.13. The summed E-state index contributed by atoms with van der Waals surface area (Å²) in [6.07, 6.45) is 3.13. The van der Waals surface area contributed by atoms with Crippen molar-refractivity contribution in [1.29, 1.82) is 5.26 Å². The first-order valence-corrected chi connectivity index (χ1v) is 8.04. The van der Waals surface area contributed by atoms with E-state index in [2.05, 4.69) is 10.5 Å². The van der Waals surface area contributed by atoms with Crippen LogP contribution in [0.4, 0.5) is 4.39 Å². The molecule has 0 aliphatic rings. The van der Waals surface area contributed by atoms with E-state index in [-0.39, 0.29) is 16.7 Å². The molecule has 1 heterocycles. The fourth-order valence-corrected chi connectivity index (χ4v) is 2.49. The Morgan fingerprint density at radius 2 is 1.93 bits per heavy atom. The fourth-order valence-electron chi connectivity index (χ4n) is 2.49. The summed E-state index contributed by atoms with van der Waals surface area (Å²) in [5, 5.41) is 21.5. The van der Waals surface area contributed by atoms with Gasteiger partial charge in [0.2, 0.25) is 0 Å². The Bertz CT molecular complexity index is 1110. The predicted octanol–water partition coefficient (Wildman–Crippen LogP) is 2.95. The van der Waals surface area contributed by atoms with Crippen LogP contribution in [-0.4, -0.2) is 27.8 Å². The second kappa shape index (κ2) is 7.97. The van der Waals surface area contributed by atoms with Gasteiger partial charge in [-0.1, -0.05) is 0 Å². The van der Waals surface area contributed by atoms with Gasteiger partial charge in [0.25, 0.3) is 5.91 Å². The van der Waals surface area contributed by atoms with Crippen LogP contribution in [0.15, 0.2) is 65.9 Å². The lowest BCUT2D eigenvalue weighted by atomic mass is 10.1. The van der Waals surface area contributed by atoms with Gasteiger partial charge in [-0.05, 0) is 54.6 Å². The van der Waals surface area contributed by atoms with E-state index in [0.29, 0.717) is 11.4 Å². The molecule has 0 atom stereocenters. The van der Waals surface area contributed by atoms with Crippen LogP contribution in [0.3, 0.4) is 0 Å². The number of carbonyl (C=O) groups is 2. The first-order chi connectivity index (χ1) is 13.5. The maximum Gasteiger partial charge on any atom is 0.335 e. The van der Waals surface area contributed by atoms with Crippen molar-refractivity contribution in [1.82, 2.24) is 9.99 Å². The van der Waals surface area contributed by atoms with Gasteiger partial charge in [0.05, 0.1) is 34.7 Å². The van der Waals surface area contributed by atoms with Crippen LogP contribution in [0.1, 0.15) is 32.0 Å². The number of hydrogen-bond donors (Lipinski definition) is 2. The van der Waals surface area contributed by atoms with Crippen LogP contribution in [0.25, 0.3) is 5.69 Å². The number of rotatable bonds is 5. The van der Waals surface area contributed by atoms with Gasteiger partial charge in [-0.2, -0.15) is 10.4 Å². The number of amides is 1. The van der Waals surface area contributed by atoms with E-state index in [1.807, 2.05) is 0 Å². The predicted molar refractivity (Wildman–Crippen MR) is 98.9 cm³/mol. The molecule has 0 spiro atoms. The van der Waals surface area contributed by atoms with Crippen molar-refractivity contribution in [3.8, 4) is 11.8 Å². The average molecular weight is 376 g/mol. The third kappa shape index (κ3) is 3.94. The minimum atomic E-state index is -1.02. The van der Waals surface area contributed by atoms with Gasteiger partial charge in [0, 0.05) is 11.9 Å². The Kier molecular flexibility index (Phi) is 5.28. The second-order valence-electron chi connectivity index (χ2n) is 5.66. The Morgan fingerprint density at radius 3 is 2.57 bits per heavy atom. The SMILES string of the molecule is N#Cc1ccc(C(=O)N/N=C\c2cccn2-c2ccc(C(=O)O)cc2)c(F)c1. The van der Waals surface area contributed by atoms with Crippen LogP contribution in [-0.2, 0) is 0 Å². The maximum absolute atomic E-state index is 13.9. The van der Waals surface area contributed by atoms with Crippen LogP contribution >= 0.6 is 0 Å². The quantitative estimate of drug-likeness (QED) is 0.527. The van der Waals surface area contributed by atoms with Gasteiger partial charge >= 0.3 is 5.97 Å². The first kappa shape index (κ1) is 18.5. The summed E-state index contributed by atoms with van der Waals surface area (Å²) in [4.78, 5) is 23.0. The zero-order valence-corrected chi connectivity index (χ0v) is 14.3. The largest absolute Gasteiger partial charge is 0.478 e. The fraction of sp³-hybridized carbons (Fsp3) is 0. The summed E-state index contributed by atoms with van der Waals surface area (Å²) >= 11 is 0. The van der Waals surface area contributed by atoms with Crippen molar-refractivity contribution in [3.05, 3.63) is 89.0 Å². The molecule has 0 saturated heterocycles. The number of benzene rings is 2. The van der Waals surface area contributed by atoms with E-state index in [1.54, 1.807) is 41.1 Å². The number of carboxylic acids is 1. The van der Waals surface area contributed by atoms with Crippen molar-refractivity contribution in [2.75, 3.05) is 0 Å². The van der Waals surface area contributed by atoms with Gasteiger partial charge in [-0.3, -0.25) is 4.79 Å². The van der Waals surface area contributed by atoms with E-state index in [9.17, 15) is 14.0 Å². The van der Waals surface area contributed by atoms with Crippen molar-refractivity contribution < 1.29 is 19.1 Å². The number of carbonyl (C=O) groups excluding carboxylic acids is 1. The molecule has 0 bridgehead atoms. The number of nitrogens with zero attached hydrogens (tertiary/aromatic N) is 3. The molecule has 3 rings (SSSR count). The normalized spacial score (nSPS) is 10.6. The van der Waals surface area contributed by atoms with Crippen molar-refractivity contribution in [3.63, 3.8) is 0 Å². The standard InChI is InChI=1S/C20H13FN4O3/c21-18-10-13(11-22)3-8-17(18)19(26)24-23-12-16-2-1-9-25(16)15-6-4-14(5-7-15)20(27)28/h1-10,12H,(H,24,26)(H,27,28)/b23-12-. The minimum Gasteiger partial charge on any atom is -0.478 e. The molecule has 8 heteroatoms. The van der Waals surface area contributed by atoms with Gasteiger partial charge in [-0.25, -0.2) is 14.6 Å². The minimum absolute atomic E-state index is 0.115. The summed E-state index contributed by atoms with van der Waals surface area (Å²) in [5.41, 5.74) is 3.62. The molecule has 138 valence electrons. The lowest BCUT2D eigenvalue weighted by Crippen LogP contribution is -2.19. The topological polar surface area (TPSA) is 107 Å². The third-order valence-corrected chi connectivity index (χ3v) is 3.88. The van der Waals surface area contributed by atoms with Crippen LogP contribution in [0.5, 0.6) is 0 Å². The molecule has 0 aliphatic heterocycles. The Hall–Kier alpha value is -4.25. The molecule has 3 aromatic rings. The van der Waals surface area contributed by atoms with E-state index in [0.717, 1.165) is 6.07 Å². The van der Waals surface area contributed by atoms with Crippen LogP contribution in [0.2, 0.25) is 0 Å². The van der Waals surface area contributed by atoms with Crippen molar-refractivity contribution in [2.45, 2.75) is 0 Å². The second-order valence-corrected chi connectivity index (χ2v) is 5.66. The molecule has 0 aliphatic carbocycles. The maximum atomic E-state index is 13.9. The molecule has 0 fully saturated rings. The first-order valence-electron chi connectivity index (χ1n) is 8.04. The number of nitriles is 1. The molecule has 0 radical (unpaired) electrons. The van der Waals surface area contributed by atoms with Crippen molar-refractivity contribution >= 4 is 18.1 Å². The molecular weight excluding hydrogens is 363 g/mol. The zero-order valence-electron chi connectivity index (χ0n) is 14.3. The van der Waals surface area contributed by atoms with E-state index in [4.69, 9.17) is 10.4 Å². The van der Waals surface area contributed by atoms with E-state index >= 15 is 0 Å². The number of nitrogens with one attached hydrogen (secondary N) is 1. The smallest absolute Gasteiger partial charge is 0.335 e. The number of halogens is 1. The highest BCUT2D eigenvalue weighted by molar-refractivity contribution is 5.95. The number of hydrazone groups is 1. The summed E-state index contributed by atoms with van der Waals surface area (Å²) in [7, 11) is 0. The summed E-state index contributed by atoms with van der Waals surface area (Å²) in [6.45, 7) is 0. The van der Waals surface area contributed by atoms with Crippen LogP contribution < -0.4 is 5.43 Å². The average Bonchev–Trinajstić information content (AvgIpc) is 3.16. The molecular formula is C20H13FN4O3. The molecule has 2 aromatic carbocycles. The summed E-state index contributed by atoms with van der Waals surface area (Å²) in [6, 6.07) is 15.1. The summed E-state index contributed by atoms with van der Waals surface area (Å²) < 4.78 is 15.6.